The summed E-state index contributed by atoms with van der Waals surface area (Å²) in [5.74, 6) is -0.451. The Bertz CT molecular complexity index is 641. The average molecular weight is 286 g/mol. The number of carbonyl (C=O) groups excluding carboxylic acids is 1. The maximum absolute atomic E-state index is 12.1. The van der Waals surface area contributed by atoms with Gasteiger partial charge in [-0.25, -0.2) is 0 Å². The maximum atomic E-state index is 12.1. The highest BCUT2D eigenvalue weighted by atomic mass is 16.3. The number of hydrogen-bond acceptors (Lipinski definition) is 4. The van der Waals surface area contributed by atoms with Gasteiger partial charge in [-0.3, -0.25) is 4.79 Å². The summed E-state index contributed by atoms with van der Waals surface area (Å²) >= 11 is 0. The summed E-state index contributed by atoms with van der Waals surface area (Å²) in [7, 11) is 1.77. The van der Waals surface area contributed by atoms with E-state index in [1.165, 1.54) is 12.1 Å². The van der Waals surface area contributed by atoms with E-state index >= 15 is 0 Å². The first-order valence-corrected chi connectivity index (χ1v) is 6.67. The van der Waals surface area contributed by atoms with Gasteiger partial charge >= 0.3 is 0 Å². The van der Waals surface area contributed by atoms with Crippen molar-refractivity contribution in [3.63, 3.8) is 0 Å². The van der Waals surface area contributed by atoms with Crippen LogP contribution in [0.2, 0.25) is 0 Å². The normalized spacial score (nSPS) is 10.1. The van der Waals surface area contributed by atoms with Crippen LogP contribution in [0.4, 0.5) is 5.69 Å². The zero-order valence-electron chi connectivity index (χ0n) is 11.8. The minimum Gasteiger partial charge on any atom is -0.504 e. The number of carbonyl (C=O) groups is 1. The summed E-state index contributed by atoms with van der Waals surface area (Å²) in [5, 5.41) is 24.5. The summed E-state index contributed by atoms with van der Waals surface area (Å²) in [4.78, 5) is 12.1. The molecule has 4 N–H and O–H groups in total. The summed E-state index contributed by atoms with van der Waals surface area (Å²) < 4.78 is 0. The van der Waals surface area contributed by atoms with Gasteiger partial charge in [0.25, 0.3) is 5.91 Å². The van der Waals surface area contributed by atoms with Crippen molar-refractivity contribution >= 4 is 11.6 Å². The van der Waals surface area contributed by atoms with Crippen LogP contribution in [0.1, 0.15) is 15.9 Å². The van der Waals surface area contributed by atoms with Crippen LogP contribution in [-0.4, -0.2) is 29.7 Å². The molecule has 0 radical (unpaired) electrons. The number of hydrogen-bond donors (Lipinski definition) is 4. The Morgan fingerprint density at radius 3 is 2.57 bits per heavy atom. The molecule has 1 amide bonds. The lowest BCUT2D eigenvalue weighted by molar-refractivity contribution is 0.0955. The fraction of sp³-hybridized carbons (Fsp3) is 0.188. The van der Waals surface area contributed by atoms with Crippen molar-refractivity contribution in [1.29, 1.82) is 0 Å². The number of benzene rings is 2. The fourth-order valence-corrected chi connectivity index (χ4v) is 2.04. The molecule has 2 aromatic carbocycles. The Morgan fingerprint density at radius 2 is 1.86 bits per heavy atom. The molecular formula is C16H18N2O3. The van der Waals surface area contributed by atoms with Crippen molar-refractivity contribution < 1.29 is 15.0 Å². The minimum absolute atomic E-state index is 0.147. The third-order valence-electron chi connectivity index (χ3n) is 3.18. The third kappa shape index (κ3) is 3.66. The van der Waals surface area contributed by atoms with Crippen LogP contribution >= 0.6 is 0 Å². The lowest BCUT2D eigenvalue weighted by atomic mass is 10.1. The van der Waals surface area contributed by atoms with Gasteiger partial charge < -0.3 is 20.8 Å². The highest BCUT2D eigenvalue weighted by Gasteiger charge is 2.09. The Hall–Kier alpha value is -2.69. The predicted molar refractivity (Wildman–Crippen MR) is 81.8 cm³/mol. The molecule has 0 saturated heterocycles. The van der Waals surface area contributed by atoms with Crippen LogP contribution < -0.4 is 10.6 Å². The lowest BCUT2D eigenvalue weighted by Crippen LogP contribution is -2.26. The molecule has 0 aliphatic heterocycles. The predicted octanol–water partition coefficient (Wildman–Crippen LogP) is 2.11. The van der Waals surface area contributed by atoms with E-state index in [9.17, 15) is 15.0 Å². The van der Waals surface area contributed by atoms with E-state index in [1.807, 2.05) is 18.2 Å². The molecule has 0 saturated carbocycles. The third-order valence-corrected chi connectivity index (χ3v) is 3.18. The molecule has 0 spiro atoms. The first kappa shape index (κ1) is 14.7. The van der Waals surface area contributed by atoms with E-state index in [0.717, 1.165) is 11.3 Å². The first-order chi connectivity index (χ1) is 10.1. The number of anilines is 1. The molecule has 0 aliphatic rings. The molecule has 5 heteroatoms. The summed E-state index contributed by atoms with van der Waals surface area (Å²) in [6.07, 6.45) is 0.571. The molecule has 2 rings (SSSR count). The van der Waals surface area contributed by atoms with Gasteiger partial charge in [0.15, 0.2) is 11.5 Å². The number of phenols is 2. The molecule has 0 unspecified atom stereocenters. The van der Waals surface area contributed by atoms with Gasteiger partial charge in [0.2, 0.25) is 0 Å². The van der Waals surface area contributed by atoms with Crippen LogP contribution in [0.5, 0.6) is 11.5 Å². The minimum atomic E-state index is -0.153. The Morgan fingerprint density at radius 1 is 1.10 bits per heavy atom. The molecule has 5 nitrogen and oxygen atoms in total. The van der Waals surface area contributed by atoms with Crippen LogP contribution in [0.25, 0.3) is 0 Å². The van der Waals surface area contributed by atoms with Crippen LogP contribution in [0.3, 0.4) is 0 Å². The van der Waals surface area contributed by atoms with Gasteiger partial charge in [0, 0.05) is 19.3 Å². The first-order valence-electron chi connectivity index (χ1n) is 6.67. The van der Waals surface area contributed by atoms with Gasteiger partial charge in [-0.05, 0) is 36.2 Å². The van der Waals surface area contributed by atoms with Gasteiger partial charge in [-0.2, -0.15) is 0 Å². The number of nitrogens with one attached hydrogen (secondary N) is 2. The van der Waals surface area contributed by atoms with Gasteiger partial charge in [0.05, 0.1) is 5.56 Å². The molecule has 0 fully saturated rings. The maximum Gasteiger partial charge on any atom is 0.253 e. The topological polar surface area (TPSA) is 81.6 Å². The smallest absolute Gasteiger partial charge is 0.253 e. The van der Waals surface area contributed by atoms with Crippen molar-refractivity contribution in [2.75, 3.05) is 18.9 Å². The van der Waals surface area contributed by atoms with Gasteiger partial charge in [0.1, 0.15) is 0 Å². The second-order valence-corrected chi connectivity index (χ2v) is 4.62. The Kier molecular flexibility index (Phi) is 4.66. The summed E-state index contributed by atoms with van der Waals surface area (Å²) in [5.41, 5.74) is 2.21. The quantitative estimate of drug-likeness (QED) is 0.635. The summed E-state index contributed by atoms with van der Waals surface area (Å²) in [6.45, 7) is 0.446. The highest BCUT2D eigenvalue weighted by molar-refractivity contribution is 5.99. The van der Waals surface area contributed by atoms with Gasteiger partial charge in [-0.15, -0.1) is 0 Å². The number of phenolic OH excluding ortho intramolecular Hbond substituents is 2. The van der Waals surface area contributed by atoms with Crippen LogP contribution in [-0.2, 0) is 6.42 Å². The number of rotatable bonds is 5. The van der Waals surface area contributed by atoms with E-state index in [4.69, 9.17) is 0 Å². The van der Waals surface area contributed by atoms with Crippen molar-refractivity contribution in [1.82, 2.24) is 5.32 Å². The second kappa shape index (κ2) is 6.65. The zero-order valence-corrected chi connectivity index (χ0v) is 11.8. The van der Waals surface area contributed by atoms with Gasteiger partial charge in [-0.1, -0.05) is 18.2 Å². The van der Waals surface area contributed by atoms with E-state index in [2.05, 4.69) is 10.6 Å². The van der Waals surface area contributed by atoms with Crippen LogP contribution in [0.15, 0.2) is 42.5 Å². The Balaban J connectivity index is 1.93. The van der Waals surface area contributed by atoms with Crippen molar-refractivity contribution in [3.05, 3.63) is 53.6 Å². The molecule has 0 bridgehead atoms. The zero-order chi connectivity index (χ0) is 15.2. The van der Waals surface area contributed by atoms with E-state index in [0.29, 0.717) is 18.5 Å². The Labute approximate surface area is 123 Å². The molecule has 0 aromatic heterocycles. The SMILES string of the molecule is CNc1ccccc1C(=O)NCCc1ccc(O)c(O)c1. The second-order valence-electron chi connectivity index (χ2n) is 4.62. The summed E-state index contributed by atoms with van der Waals surface area (Å²) in [6, 6.07) is 11.9. The number of para-hydroxylation sites is 1. The molecular weight excluding hydrogens is 268 g/mol. The van der Waals surface area contributed by atoms with Crippen molar-refractivity contribution in [2.24, 2.45) is 0 Å². The van der Waals surface area contributed by atoms with E-state index in [-0.39, 0.29) is 17.4 Å². The number of aromatic hydroxyl groups is 2. The standard InChI is InChI=1S/C16H18N2O3/c1-17-13-5-3-2-4-12(13)16(21)18-9-8-11-6-7-14(19)15(20)10-11/h2-7,10,17,19-20H,8-9H2,1H3,(H,18,21). The molecule has 2 aromatic rings. The largest absolute Gasteiger partial charge is 0.504 e. The lowest BCUT2D eigenvalue weighted by Gasteiger charge is -2.10. The molecule has 0 aliphatic carbocycles. The highest BCUT2D eigenvalue weighted by Crippen LogP contribution is 2.24. The average Bonchev–Trinajstić information content (AvgIpc) is 2.50. The van der Waals surface area contributed by atoms with Crippen molar-refractivity contribution in [2.45, 2.75) is 6.42 Å². The molecule has 0 atom stereocenters. The molecule has 0 heterocycles. The fourth-order valence-electron chi connectivity index (χ4n) is 2.04. The monoisotopic (exact) mass is 286 g/mol. The van der Waals surface area contributed by atoms with Crippen LogP contribution in [0, 0.1) is 0 Å². The van der Waals surface area contributed by atoms with E-state index < -0.39 is 0 Å². The molecule has 110 valence electrons. The molecule has 21 heavy (non-hydrogen) atoms. The van der Waals surface area contributed by atoms with Crippen molar-refractivity contribution in [3.8, 4) is 11.5 Å². The van der Waals surface area contributed by atoms with E-state index in [1.54, 1.807) is 19.2 Å². The number of amides is 1.